The zero-order valence-corrected chi connectivity index (χ0v) is 7.75. The third-order valence-electron chi connectivity index (χ3n) is 2.06. The smallest absolute Gasteiger partial charge is 0.211 e. The molecule has 0 atom stereocenters. The van der Waals surface area contributed by atoms with Gasteiger partial charge in [-0.25, -0.2) is 4.98 Å². The van der Waals surface area contributed by atoms with Crippen molar-refractivity contribution in [1.82, 2.24) is 14.4 Å². The highest BCUT2D eigenvalue weighted by Crippen LogP contribution is 2.06. The Balaban J connectivity index is 2.24. The molecular weight excluding hydrogens is 164 g/mol. The van der Waals surface area contributed by atoms with Gasteiger partial charge in [-0.2, -0.15) is 0 Å². The first-order valence-corrected chi connectivity index (χ1v) is 4.53. The minimum absolute atomic E-state index is 0.727. The van der Waals surface area contributed by atoms with E-state index in [1.807, 2.05) is 17.5 Å². The summed E-state index contributed by atoms with van der Waals surface area (Å²) in [7, 11) is 0. The first-order chi connectivity index (χ1) is 6.29. The molecule has 2 aromatic rings. The van der Waals surface area contributed by atoms with Gasteiger partial charge in [0, 0.05) is 18.1 Å². The van der Waals surface area contributed by atoms with Gasteiger partial charge in [-0.1, -0.05) is 0 Å². The lowest BCUT2D eigenvalue weighted by Crippen LogP contribution is -2.00. The molecule has 0 saturated carbocycles. The van der Waals surface area contributed by atoms with Crippen LogP contribution < -0.4 is 5.73 Å². The normalized spacial score (nSPS) is 11.2. The van der Waals surface area contributed by atoms with E-state index in [1.54, 1.807) is 0 Å². The number of nitrogens with one attached hydrogen (secondary N) is 1. The Hall–Kier alpha value is -1.29. The van der Waals surface area contributed by atoms with Crippen LogP contribution in [0.5, 0.6) is 0 Å². The van der Waals surface area contributed by atoms with E-state index in [9.17, 15) is 0 Å². The molecule has 4 nitrogen and oxygen atoms in total. The van der Waals surface area contributed by atoms with Gasteiger partial charge < -0.3 is 10.7 Å². The standard InChI is InChI=1S/C9H14N4/c1-7-5-13-6-8(3-2-4-10)12-9(13)11-7/h5-6H,2-4,10H2,1H3,(H,11,12). The Morgan fingerprint density at radius 2 is 2.38 bits per heavy atom. The minimum Gasteiger partial charge on any atom is -0.330 e. The van der Waals surface area contributed by atoms with E-state index in [4.69, 9.17) is 5.73 Å². The summed E-state index contributed by atoms with van der Waals surface area (Å²) >= 11 is 0. The molecule has 0 aromatic carbocycles. The maximum atomic E-state index is 5.43. The Bertz CT molecular complexity index is 367. The number of aromatic nitrogens is 3. The number of fused-ring (bicyclic) bond motifs is 1. The lowest BCUT2D eigenvalue weighted by atomic mass is 10.2. The van der Waals surface area contributed by atoms with Crippen molar-refractivity contribution in [3.8, 4) is 0 Å². The number of hydrogen-bond acceptors (Lipinski definition) is 2. The lowest BCUT2D eigenvalue weighted by molar-refractivity contribution is 0.815. The third-order valence-corrected chi connectivity index (χ3v) is 2.06. The summed E-state index contributed by atoms with van der Waals surface area (Å²) in [6.07, 6.45) is 6.05. The molecule has 0 aliphatic carbocycles. The number of nitrogens with zero attached hydrogens (tertiary/aromatic N) is 2. The summed E-state index contributed by atoms with van der Waals surface area (Å²) in [5.41, 5.74) is 7.67. The van der Waals surface area contributed by atoms with Gasteiger partial charge in [-0.15, -0.1) is 0 Å². The van der Waals surface area contributed by atoms with Gasteiger partial charge in [-0.05, 0) is 26.3 Å². The van der Waals surface area contributed by atoms with E-state index in [0.29, 0.717) is 0 Å². The van der Waals surface area contributed by atoms with Crippen molar-refractivity contribution in [3.05, 3.63) is 23.8 Å². The van der Waals surface area contributed by atoms with Crippen LogP contribution in [-0.2, 0) is 6.42 Å². The van der Waals surface area contributed by atoms with Crippen molar-refractivity contribution in [2.45, 2.75) is 19.8 Å². The molecule has 0 aliphatic heterocycles. The Morgan fingerprint density at radius 1 is 1.54 bits per heavy atom. The molecule has 13 heavy (non-hydrogen) atoms. The summed E-state index contributed by atoms with van der Waals surface area (Å²) in [5.74, 6) is 0.921. The molecule has 2 heterocycles. The van der Waals surface area contributed by atoms with Crippen molar-refractivity contribution in [2.24, 2.45) is 5.73 Å². The van der Waals surface area contributed by atoms with Crippen LogP contribution in [-0.4, -0.2) is 20.9 Å². The first-order valence-electron chi connectivity index (χ1n) is 4.53. The highest BCUT2D eigenvalue weighted by atomic mass is 15.1. The van der Waals surface area contributed by atoms with Crippen molar-refractivity contribution >= 4 is 5.78 Å². The number of H-pyrrole nitrogens is 1. The second-order valence-corrected chi connectivity index (χ2v) is 3.29. The molecule has 0 radical (unpaired) electrons. The average molecular weight is 178 g/mol. The molecule has 4 heteroatoms. The topological polar surface area (TPSA) is 59.1 Å². The van der Waals surface area contributed by atoms with E-state index in [1.165, 1.54) is 0 Å². The minimum atomic E-state index is 0.727. The first kappa shape index (κ1) is 8.31. The third kappa shape index (κ3) is 1.58. The molecule has 0 fully saturated rings. The highest BCUT2D eigenvalue weighted by molar-refractivity contribution is 5.33. The zero-order chi connectivity index (χ0) is 9.26. The van der Waals surface area contributed by atoms with Crippen LogP contribution in [0.1, 0.15) is 17.8 Å². The molecule has 0 aliphatic rings. The molecular formula is C9H14N4. The number of hydrogen-bond donors (Lipinski definition) is 2. The van der Waals surface area contributed by atoms with Gasteiger partial charge in [-0.3, -0.25) is 4.40 Å². The average Bonchev–Trinajstić information content (AvgIpc) is 2.57. The second kappa shape index (κ2) is 3.22. The summed E-state index contributed by atoms with van der Waals surface area (Å²) in [4.78, 5) is 7.60. The number of aryl methyl sites for hydroxylation is 2. The molecule has 0 amide bonds. The highest BCUT2D eigenvalue weighted by Gasteiger charge is 2.02. The zero-order valence-electron chi connectivity index (χ0n) is 7.75. The molecule has 2 rings (SSSR count). The van der Waals surface area contributed by atoms with Crippen LogP contribution in [0.2, 0.25) is 0 Å². The SMILES string of the molecule is Cc1cn2cc(CCCN)nc2[nH]1. The summed E-state index contributed by atoms with van der Waals surface area (Å²) in [6, 6.07) is 0. The quantitative estimate of drug-likeness (QED) is 0.732. The molecule has 0 unspecified atom stereocenters. The Labute approximate surface area is 76.8 Å². The van der Waals surface area contributed by atoms with E-state index < -0.39 is 0 Å². The van der Waals surface area contributed by atoms with Gasteiger partial charge in [0.2, 0.25) is 5.78 Å². The van der Waals surface area contributed by atoms with Gasteiger partial charge in [0.25, 0.3) is 0 Å². The Morgan fingerprint density at radius 3 is 3.08 bits per heavy atom. The monoisotopic (exact) mass is 178 g/mol. The fourth-order valence-corrected chi connectivity index (χ4v) is 1.46. The maximum Gasteiger partial charge on any atom is 0.211 e. The molecule has 3 N–H and O–H groups in total. The molecule has 2 aromatic heterocycles. The van der Waals surface area contributed by atoms with E-state index in [2.05, 4.69) is 16.2 Å². The second-order valence-electron chi connectivity index (χ2n) is 3.29. The van der Waals surface area contributed by atoms with Crippen LogP contribution in [0, 0.1) is 6.92 Å². The summed E-state index contributed by atoms with van der Waals surface area (Å²) < 4.78 is 2.02. The fourth-order valence-electron chi connectivity index (χ4n) is 1.46. The predicted octanol–water partition coefficient (Wildman–Crippen LogP) is 0.862. The van der Waals surface area contributed by atoms with Gasteiger partial charge >= 0.3 is 0 Å². The molecule has 70 valence electrons. The van der Waals surface area contributed by atoms with Crippen LogP contribution >= 0.6 is 0 Å². The van der Waals surface area contributed by atoms with Gasteiger partial charge in [0.15, 0.2) is 0 Å². The van der Waals surface area contributed by atoms with E-state index >= 15 is 0 Å². The van der Waals surface area contributed by atoms with Crippen LogP contribution in [0.3, 0.4) is 0 Å². The fraction of sp³-hybridized carbons (Fsp3) is 0.444. The van der Waals surface area contributed by atoms with E-state index in [0.717, 1.165) is 36.6 Å². The van der Waals surface area contributed by atoms with Crippen molar-refractivity contribution < 1.29 is 0 Å². The predicted molar refractivity (Wildman–Crippen MR) is 51.7 cm³/mol. The van der Waals surface area contributed by atoms with Crippen molar-refractivity contribution in [2.75, 3.05) is 6.54 Å². The van der Waals surface area contributed by atoms with Crippen LogP contribution in [0.25, 0.3) is 5.78 Å². The number of imidazole rings is 2. The number of aromatic amines is 1. The van der Waals surface area contributed by atoms with E-state index in [-0.39, 0.29) is 0 Å². The van der Waals surface area contributed by atoms with Crippen molar-refractivity contribution in [1.29, 1.82) is 0 Å². The Kier molecular flexibility index (Phi) is 2.06. The van der Waals surface area contributed by atoms with Crippen molar-refractivity contribution in [3.63, 3.8) is 0 Å². The molecule has 0 saturated heterocycles. The molecule has 0 spiro atoms. The van der Waals surface area contributed by atoms with Gasteiger partial charge in [0.05, 0.1) is 5.69 Å². The van der Waals surface area contributed by atoms with Crippen LogP contribution in [0.15, 0.2) is 12.4 Å². The summed E-state index contributed by atoms with van der Waals surface area (Å²) in [5, 5.41) is 0. The lowest BCUT2D eigenvalue weighted by Gasteiger charge is -1.90. The number of nitrogens with two attached hydrogens (primary N) is 1. The molecule has 0 bridgehead atoms. The maximum absolute atomic E-state index is 5.43. The largest absolute Gasteiger partial charge is 0.330 e. The number of rotatable bonds is 3. The van der Waals surface area contributed by atoms with Crippen LogP contribution in [0.4, 0.5) is 0 Å². The van der Waals surface area contributed by atoms with Gasteiger partial charge in [0.1, 0.15) is 0 Å². The summed E-state index contributed by atoms with van der Waals surface area (Å²) in [6.45, 7) is 2.75.